The van der Waals surface area contributed by atoms with Crippen molar-refractivity contribution in [2.75, 3.05) is 5.32 Å². The van der Waals surface area contributed by atoms with Crippen LogP contribution in [0, 0.1) is 0 Å². The number of hydrogen-bond acceptors (Lipinski definition) is 2. The van der Waals surface area contributed by atoms with Crippen LogP contribution in [0.3, 0.4) is 0 Å². The summed E-state index contributed by atoms with van der Waals surface area (Å²) in [6.07, 6.45) is -4.47. The Morgan fingerprint density at radius 1 is 0.759 bits per heavy atom. The number of nitrogens with one attached hydrogen (secondary N) is 2. The Morgan fingerprint density at radius 3 is 2.03 bits per heavy atom. The first-order chi connectivity index (χ1) is 13.8. The van der Waals surface area contributed by atoms with Gasteiger partial charge in [-0.1, -0.05) is 42.5 Å². The SMILES string of the molecule is O=C(Nc1ccccc1C(=O)NCc1ccccc1)c1ccc(C(F)(F)F)cc1. The molecule has 0 bridgehead atoms. The Kier molecular flexibility index (Phi) is 5.97. The first-order valence-corrected chi connectivity index (χ1v) is 8.74. The Balaban J connectivity index is 1.71. The highest BCUT2D eigenvalue weighted by atomic mass is 19.4. The molecule has 0 radical (unpaired) electrons. The van der Waals surface area contributed by atoms with E-state index in [2.05, 4.69) is 10.6 Å². The maximum atomic E-state index is 12.7. The summed E-state index contributed by atoms with van der Waals surface area (Å²) in [6.45, 7) is 0.320. The summed E-state index contributed by atoms with van der Waals surface area (Å²) in [7, 11) is 0. The highest BCUT2D eigenvalue weighted by Gasteiger charge is 2.30. The zero-order valence-electron chi connectivity index (χ0n) is 15.2. The van der Waals surface area contributed by atoms with Crippen molar-refractivity contribution in [2.45, 2.75) is 12.7 Å². The minimum atomic E-state index is -4.47. The number of carbonyl (C=O) groups excluding carboxylic acids is 2. The molecule has 2 N–H and O–H groups in total. The molecule has 0 saturated carbocycles. The second-order valence-electron chi connectivity index (χ2n) is 6.24. The predicted octanol–water partition coefficient (Wildman–Crippen LogP) is 4.89. The van der Waals surface area contributed by atoms with Crippen LogP contribution in [0.1, 0.15) is 31.8 Å². The summed E-state index contributed by atoms with van der Waals surface area (Å²) in [5.74, 6) is -0.987. The molecule has 0 fully saturated rings. The van der Waals surface area contributed by atoms with Crippen LogP contribution in [0.15, 0.2) is 78.9 Å². The predicted molar refractivity (Wildman–Crippen MR) is 103 cm³/mol. The molecule has 4 nitrogen and oxygen atoms in total. The van der Waals surface area contributed by atoms with E-state index in [-0.39, 0.29) is 22.7 Å². The number of amides is 2. The molecular weight excluding hydrogens is 381 g/mol. The van der Waals surface area contributed by atoms with Crippen molar-refractivity contribution in [1.82, 2.24) is 5.32 Å². The third-order valence-corrected chi connectivity index (χ3v) is 4.19. The zero-order valence-corrected chi connectivity index (χ0v) is 15.2. The molecule has 0 aromatic heterocycles. The maximum Gasteiger partial charge on any atom is 0.416 e. The number of benzene rings is 3. The van der Waals surface area contributed by atoms with Crippen LogP contribution in [0.5, 0.6) is 0 Å². The van der Waals surface area contributed by atoms with Gasteiger partial charge in [-0.2, -0.15) is 13.2 Å². The maximum absolute atomic E-state index is 12.7. The minimum absolute atomic E-state index is 0.0532. The highest BCUT2D eigenvalue weighted by molar-refractivity contribution is 6.09. The Morgan fingerprint density at radius 2 is 1.38 bits per heavy atom. The molecule has 0 aliphatic heterocycles. The third-order valence-electron chi connectivity index (χ3n) is 4.19. The molecule has 0 aliphatic carbocycles. The third kappa shape index (κ3) is 5.22. The largest absolute Gasteiger partial charge is 0.416 e. The summed E-state index contributed by atoms with van der Waals surface area (Å²) in [5, 5.41) is 5.36. The van der Waals surface area contributed by atoms with Gasteiger partial charge in [-0.15, -0.1) is 0 Å². The van der Waals surface area contributed by atoms with Crippen LogP contribution < -0.4 is 10.6 Å². The molecule has 3 aromatic carbocycles. The van der Waals surface area contributed by atoms with E-state index in [9.17, 15) is 22.8 Å². The number of halogens is 3. The fourth-order valence-electron chi connectivity index (χ4n) is 2.67. The molecule has 0 unspecified atom stereocenters. The zero-order chi connectivity index (χ0) is 20.9. The van der Waals surface area contributed by atoms with E-state index in [1.165, 1.54) is 0 Å². The molecule has 3 rings (SSSR count). The average molecular weight is 398 g/mol. The minimum Gasteiger partial charge on any atom is -0.348 e. The van der Waals surface area contributed by atoms with E-state index >= 15 is 0 Å². The van der Waals surface area contributed by atoms with Gasteiger partial charge in [0.05, 0.1) is 16.8 Å². The van der Waals surface area contributed by atoms with E-state index in [0.717, 1.165) is 29.8 Å². The summed E-state index contributed by atoms with van der Waals surface area (Å²) in [5.41, 5.74) is 0.658. The second-order valence-corrected chi connectivity index (χ2v) is 6.24. The standard InChI is InChI=1S/C22H17F3N2O2/c23-22(24,25)17-12-10-16(11-13-17)20(28)27-19-9-5-4-8-18(19)21(29)26-14-15-6-2-1-3-7-15/h1-13H,14H2,(H,26,29)(H,27,28). The van der Waals surface area contributed by atoms with Crippen molar-refractivity contribution in [3.8, 4) is 0 Å². The van der Waals surface area contributed by atoms with Gasteiger partial charge in [0.1, 0.15) is 0 Å². The van der Waals surface area contributed by atoms with E-state index in [0.29, 0.717) is 6.54 Å². The molecule has 3 aromatic rings. The van der Waals surface area contributed by atoms with Crippen LogP contribution in [0.2, 0.25) is 0 Å². The molecule has 7 heteroatoms. The molecule has 2 amide bonds. The molecule has 0 heterocycles. The van der Waals surface area contributed by atoms with Gasteiger partial charge >= 0.3 is 6.18 Å². The first-order valence-electron chi connectivity index (χ1n) is 8.74. The number of hydrogen-bond donors (Lipinski definition) is 2. The first kappa shape index (κ1) is 20.1. The molecule has 0 spiro atoms. The Labute approximate surface area is 165 Å². The number of para-hydroxylation sites is 1. The van der Waals surface area contributed by atoms with Crippen LogP contribution in [-0.2, 0) is 12.7 Å². The molecule has 0 saturated heterocycles. The summed E-state index contributed by atoms with van der Waals surface area (Å²) in [4.78, 5) is 24.9. The summed E-state index contributed by atoms with van der Waals surface area (Å²) >= 11 is 0. The Hall–Kier alpha value is -3.61. The lowest BCUT2D eigenvalue weighted by atomic mass is 10.1. The lowest BCUT2D eigenvalue weighted by Gasteiger charge is -2.12. The van der Waals surface area contributed by atoms with Crippen molar-refractivity contribution >= 4 is 17.5 Å². The molecule has 0 atom stereocenters. The molecular formula is C22H17F3N2O2. The number of rotatable bonds is 5. The number of anilines is 1. The topological polar surface area (TPSA) is 58.2 Å². The fourth-order valence-corrected chi connectivity index (χ4v) is 2.67. The van der Waals surface area contributed by atoms with Gasteiger partial charge in [-0.25, -0.2) is 0 Å². The van der Waals surface area contributed by atoms with Gasteiger partial charge in [0.25, 0.3) is 11.8 Å². The fraction of sp³-hybridized carbons (Fsp3) is 0.0909. The van der Waals surface area contributed by atoms with Crippen molar-refractivity contribution in [3.05, 3.63) is 101 Å². The van der Waals surface area contributed by atoms with Gasteiger partial charge < -0.3 is 10.6 Å². The lowest BCUT2D eigenvalue weighted by molar-refractivity contribution is -0.137. The van der Waals surface area contributed by atoms with Crippen LogP contribution in [0.25, 0.3) is 0 Å². The normalized spacial score (nSPS) is 11.0. The van der Waals surface area contributed by atoms with E-state index in [1.54, 1.807) is 24.3 Å². The van der Waals surface area contributed by atoms with Crippen LogP contribution in [-0.4, -0.2) is 11.8 Å². The van der Waals surface area contributed by atoms with Gasteiger partial charge in [0, 0.05) is 12.1 Å². The monoisotopic (exact) mass is 398 g/mol. The van der Waals surface area contributed by atoms with Gasteiger partial charge in [-0.3, -0.25) is 9.59 Å². The number of alkyl halides is 3. The van der Waals surface area contributed by atoms with Crippen LogP contribution in [0.4, 0.5) is 18.9 Å². The van der Waals surface area contributed by atoms with Gasteiger partial charge in [0.15, 0.2) is 0 Å². The molecule has 29 heavy (non-hydrogen) atoms. The highest BCUT2D eigenvalue weighted by Crippen LogP contribution is 2.29. The molecule has 0 aliphatic rings. The van der Waals surface area contributed by atoms with Crippen molar-refractivity contribution < 1.29 is 22.8 Å². The van der Waals surface area contributed by atoms with Crippen molar-refractivity contribution in [3.63, 3.8) is 0 Å². The van der Waals surface area contributed by atoms with Crippen molar-refractivity contribution in [1.29, 1.82) is 0 Å². The summed E-state index contributed by atoms with van der Waals surface area (Å²) in [6, 6.07) is 19.6. The van der Waals surface area contributed by atoms with E-state index < -0.39 is 17.6 Å². The smallest absolute Gasteiger partial charge is 0.348 e. The van der Waals surface area contributed by atoms with E-state index in [1.807, 2.05) is 30.3 Å². The quantitative estimate of drug-likeness (QED) is 0.643. The molecule has 148 valence electrons. The summed E-state index contributed by atoms with van der Waals surface area (Å²) < 4.78 is 38.0. The van der Waals surface area contributed by atoms with Gasteiger partial charge in [0.2, 0.25) is 0 Å². The van der Waals surface area contributed by atoms with Gasteiger partial charge in [-0.05, 0) is 42.0 Å². The lowest BCUT2D eigenvalue weighted by Crippen LogP contribution is -2.24. The van der Waals surface area contributed by atoms with Crippen LogP contribution >= 0.6 is 0 Å². The average Bonchev–Trinajstić information content (AvgIpc) is 2.72. The van der Waals surface area contributed by atoms with E-state index in [4.69, 9.17) is 0 Å². The second kappa shape index (κ2) is 8.60. The number of carbonyl (C=O) groups is 2. The van der Waals surface area contributed by atoms with Crippen molar-refractivity contribution in [2.24, 2.45) is 0 Å². The Bertz CT molecular complexity index is 1000.